The molecule has 0 bridgehead atoms. The first-order valence-corrected chi connectivity index (χ1v) is 13.1. The van der Waals surface area contributed by atoms with Crippen LogP contribution in [0.4, 0.5) is 22.0 Å². The minimum absolute atomic E-state index is 0.0157. The Balaban J connectivity index is 1.95. The van der Waals surface area contributed by atoms with Crippen molar-refractivity contribution in [1.82, 2.24) is 5.32 Å². The average Bonchev–Trinajstić information content (AvgIpc) is 2.75. The summed E-state index contributed by atoms with van der Waals surface area (Å²) in [6.07, 6.45) is -1.84. The van der Waals surface area contributed by atoms with E-state index in [-0.39, 0.29) is 43.2 Å². The van der Waals surface area contributed by atoms with E-state index >= 15 is 0 Å². The number of alkyl halides is 5. The van der Waals surface area contributed by atoms with Crippen molar-refractivity contribution in [2.45, 2.75) is 63.6 Å². The fourth-order valence-electron chi connectivity index (χ4n) is 3.68. The molecule has 0 atom stereocenters. The Morgan fingerprint density at radius 1 is 0.794 bits per heavy atom. The summed E-state index contributed by atoms with van der Waals surface area (Å²) in [7, 11) is -4.13. The molecule has 2 rings (SSSR count). The zero-order chi connectivity index (χ0) is 25.2. The lowest BCUT2D eigenvalue weighted by Gasteiger charge is -2.23. The van der Waals surface area contributed by atoms with Crippen molar-refractivity contribution in [3.8, 4) is 0 Å². The van der Waals surface area contributed by atoms with E-state index in [0.717, 1.165) is 31.7 Å². The smallest absolute Gasteiger partial charge is 0.324 e. The van der Waals surface area contributed by atoms with Gasteiger partial charge in [0.15, 0.2) is 0 Å². The van der Waals surface area contributed by atoms with Crippen LogP contribution in [0.2, 0.25) is 0 Å². The maximum absolute atomic E-state index is 14.3. The van der Waals surface area contributed by atoms with Gasteiger partial charge in [0.1, 0.15) is 0 Å². The predicted octanol–water partition coefficient (Wildman–Crippen LogP) is 6.34. The van der Waals surface area contributed by atoms with Crippen LogP contribution >= 0.6 is 7.60 Å². The summed E-state index contributed by atoms with van der Waals surface area (Å²) in [5, 5.41) is 2.82. The van der Waals surface area contributed by atoms with Gasteiger partial charge in [0.2, 0.25) is 0 Å². The topological polar surface area (TPSA) is 69.6 Å². The summed E-state index contributed by atoms with van der Waals surface area (Å²) in [5.41, 5.74) is 0.414. The normalized spacial score (nSPS) is 12.8. The third-order valence-electron chi connectivity index (χ3n) is 5.51. The number of rotatable bonds is 14. The SMILES string of the molecule is O=P(O)(O)CCCNCc1ccc(CCCCCCc2ccccc2)c(C(F)(F)C(F)(F)F)c1. The molecule has 2 aromatic rings. The number of benzene rings is 2. The number of aryl methyl sites for hydroxylation is 2. The van der Waals surface area contributed by atoms with Crippen molar-refractivity contribution in [3.05, 3.63) is 70.8 Å². The van der Waals surface area contributed by atoms with Gasteiger partial charge in [-0.1, -0.05) is 55.3 Å². The third kappa shape index (κ3) is 9.45. The summed E-state index contributed by atoms with van der Waals surface area (Å²) in [5.74, 6) is -4.97. The summed E-state index contributed by atoms with van der Waals surface area (Å²) < 4.78 is 78.7. The molecule has 0 saturated carbocycles. The van der Waals surface area contributed by atoms with Crippen molar-refractivity contribution in [2.24, 2.45) is 0 Å². The van der Waals surface area contributed by atoms with E-state index in [1.54, 1.807) is 0 Å². The molecule has 3 N–H and O–H groups in total. The number of hydrogen-bond donors (Lipinski definition) is 3. The molecule has 0 aliphatic heterocycles. The van der Waals surface area contributed by atoms with Gasteiger partial charge < -0.3 is 15.1 Å². The number of halogens is 5. The summed E-state index contributed by atoms with van der Waals surface area (Å²) in [4.78, 5) is 17.7. The quantitative estimate of drug-likeness (QED) is 0.159. The van der Waals surface area contributed by atoms with Crippen molar-refractivity contribution < 1.29 is 36.3 Å². The fourth-order valence-corrected chi connectivity index (χ4v) is 4.25. The number of unbranched alkanes of at least 4 members (excludes halogenated alkanes) is 3. The number of nitrogens with one attached hydrogen (secondary N) is 1. The Hall–Kier alpha value is -1.80. The minimum atomic E-state index is -5.70. The Bertz CT molecular complexity index is 932. The molecule has 0 aromatic heterocycles. The van der Waals surface area contributed by atoms with Gasteiger partial charge in [-0.05, 0) is 61.4 Å². The van der Waals surface area contributed by atoms with Crippen LogP contribution in [0.15, 0.2) is 48.5 Å². The molecule has 34 heavy (non-hydrogen) atoms. The standard InChI is InChI=1S/C24H31F5NO3P/c25-23(26,24(27,28)29)22-17-20(18-30-15-8-16-34(31,32)33)13-14-21(22)12-7-2-1-4-9-19-10-5-3-6-11-19/h3,5-6,10-11,13-14,17,30H,1-2,4,7-9,12,15-16,18H2,(H2,31,32,33). The zero-order valence-electron chi connectivity index (χ0n) is 18.8. The maximum Gasteiger partial charge on any atom is 0.458 e. The predicted molar refractivity (Wildman–Crippen MR) is 122 cm³/mol. The molecular formula is C24H31F5NO3P. The molecule has 0 spiro atoms. The van der Waals surface area contributed by atoms with Crippen LogP contribution in [0.1, 0.15) is 54.4 Å². The van der Waals surface area contributed by atoms with Crippen molar-refractivity contribution in [3.63, 3.8) is 0 Å². The Morgan fingerprint density at radius 2 is 1.44 bits per heavy atom. The molecule has 0 heterocycles. The molecule has 10 heteroatoms. The highest BCUT2D eigenvalue weighted by Crippen LogP contribution is 2.45. The molecule has 0 amide bonds. The largest absolute Gasteiger partial charge is 0.458 e. The fraction of sp³-hybridized carbons (Fsp3) is 0.500. The van der Waals surface area contributed by atoms with Gasteiger partial charge in [0.25, 0.3) is 0 Å². The zero-order valence-corrected chi connectivity index (χ0v) is 19.7. The van der Waals surface area contributed by atoms with Gasteiger partial charge in [-0.25, -0.2) is 0 Å². The van der Waals surface area contributed by atoms with E-state index in [9.17, 15) is 26.5 Å². The van der Waals surface area contributed by atoms with Crippen molar-refractivity contribution in [2.75, 3.05) is 12.7 Å². The first-order valence-electron chi connectivity index (χ1n) is 11.3. The lowest BCUT2D eigenvalue weighted by Crippen LogP contribution is -2.35. The lowest BCUT2D eigenvalue weighted by atomic mass is 9.94. The second-order valence-electron chi connectivity index (χ2n) is 8.38. The van der Waals surface area contributed by atoms with Gasteiger partial charge in [0.05, 0.1) is 6.16 Å². The molecule has 190 valence electrons. The van der Waals surface area contributed by atoms with Crippen LogP contribution in [-0.2, 0) is 29.9 Å². The summed E-state index contributed by atoms with van der Waals surface area (Å²) in [6.45, 7) is 0.211. The Labute approximate surface area is 196 Å². The Kier molecular flexibility index (Phi) is 10.7. The first-order chi connectivity index (χ1) is 15.9. The molecule has 0 aliphatic carbocycles. The molecule has 2 aromatic carbocycles. The first kappa shape index (κ1) is 28.4. The van der Waals surface area contributed by atoms with Crippen LogP contribution in [0.5, 0.6) is 0 Å². The molecule has 0 unspecified atom stereocenters. The Morgan fingerprint density at radius 3 is 2.06 bits per heavy atom. The van der Waals surface area contributed by atoms with Crippen LogP contribution in [0, 0.1) is 0 Å². The second kappa shape index (κ2) is 12.8. The molecular weight excluding hydrogens is 476 g/mol. The highest BCUT2D eigenvalue weighted by molar-refractivity contribution is 7.51. The highest BCUT2D eigenvalue weighted by atomic mass is 31.2. The minimum Gasteiger partial charge on any atom is -0.324 e. The van der Waals surface area contributed by atoms with E-state index in [1.807, 2.05) is 30.3 Å². The second-order valence-corrected chi connectivity index (χ2v) is 10.2. The van der Waals surface area contributed by atoms with E-state index in [2.05, 4.69) is 5.32 Å². The molecule has 0 radical (unpaired) electrons. The van der Waals surface area contributed by atoms with Crippen LogP contribution in [-0.4, -0.2) is 28.7 Å². The molecule has 4 nitrogen and oxygen atoms in total. The van der Waals surface area contributed by atoms with Crippen LogP contribution in [0.3, 0.4) is 0 Å². The van der Waals surface area contributed by atoms with Gasteiger partial charge in [0, 0.05) is 12.1 Å². The third-order valence-corrected chi connectivity index (χ3v) is 6.40. The van der Waals surface area contributed by atoms with Gasteiger partial charge in [-0.3, -0.25) is 4.57 Å². The summed E-state index contributed by atoms with van der Waals surface area (Å²) in [6, 6.07) is 13.6. The molecule has 0 saturated heterocycles. The van der Waals surface area contributed by atoms with E-state index < -0.39 is 25.3 Å². The van der Waals surface area contributed by atoms with E-state index in [4.69, 9.17) is 9.79 Å². The molecule has 0 fully saturated rings. The van der Waals surface area contributed by atoms with E-state index in [1.165, 1.54) is 17.7 Å². The lowest BCUT2D eigenvalue weighted by molar-refractivity contribution is -0.289. The highest BCUT2D eigenvalue weighted by Gasteiger charge is 2.59. The average molecular weight is 507 g/mol. The van der Waals surface area contributed by atoms with Gasteiger partial charge in [-0.2, -0.15) is 22.0 Å². The van der Waals surface area contributed by atoms with Crippen molar-refractivity contribution >= 4 is 7.60 Å². The van der Waals surface area contributed by atoms with E-state index in [0.29, 0.717) is 6.42 Å². The van der Waals surface area contributed by atoms with Crippen LogP contribution in [0.25, 0.3) is 0 Å². The van der Waals surface area contributed by atoms with Gasteiger partial charge in [-0.15, -0.1) is 0 Å². The monoisotopic (exact) mass is 507 g/mol. The van der Waals surface area contributed by atoms with Crippen molar-refractivity contribution in [1.29, 1.82) is 0 Å². The molecule has 0 aliphatic rings. The maximum atomic E-state index is 14.3. The van der Waals surface area contributed by atoms with Gasteiger partial charge >= 0.3 is 19.7 Å². The van der Waals surface area contributed by atoms with Crippen LogP contribution < -0.4 is 5.32 Å². The number of hydrogen-bond acceptors (Lipinski definition) is 2. The summed E-state index contributed by atoms with van der Waals surface area (Å²) >= 11 is 0.